The van der Waals surface area contributed by atoms with Crippen molar-refractivity contribution in [2.24, 2.45) is 5.73 Å². The van der Waals surface area contributed by atoms with E-state index in [1.165, 1.54) is 6.07 Å². The Morgan fingerprint density at radius 2 is 1.65 bits per heavy atom. The van der Waals surface area contributed by atoms with E-state index in [1.54, 1.807) is 23.1 Å². The van der Waals surface area contributed by atoms with Gasteiger partial charge >= 0.3 is 0 Å². The van der Waals surface area contributed by atoms with E-state index in [9.17, 15) is 14.9 Å². The number of primary amides is 1. The first-order chi connectivity index (χ1) is 14.8. The second kappa shape index (κ2) is 9.36. The number of nitrogens with one attached hydrogen (secondary N) is 1. The van der Waals surface area contributed by atoms with Crippen molar-refractivity contribution >= 4 is 46.0 Å². The summed E-state index contributed by atoms with van der Waals surface area (Å²) in [7, 11) is 0. The van der Waals surface area contributed by atoms with Gasteiger partial charge in [-0.2, -0.15) is 0 Å². The topological polar surface area (TPSA) is 102 Å². The standard InChI is InChI=1S/C23H22N4O3S/c1-15-8-7-9-16(2)22(15)26(19-12-5-3-10-17(19)14-21(24)28)23(31)25-18-11-4-6-13-20(18)27(29)30/h3-13H,14H2,1-2H3,(H2,24,28)(H,25,31). The largest absolute Gasteiger partial charge is 0.369 e. The van der Waals surface area contributed by atoms with E-state index in [1.807, 2.05) is 56.3 Å². The van der Waals surface area contributed by atoms with Gasteiger partial charge in [-0.1, -0.05) is 48.5 Å². The van der Waals surface area contributed by atoms with Crippen LogP contribution in [0.5, 0.6) is 0 Å². The quantitative estimate of drug-likeness (QED) is 0.329. The minimum Gasteiger partial charge on any atom is -0.369 e. The van der Waals surface area contributed by atoms with Crippen LogP contribution in [0.4, 0.5) is 22.7 Å². The number of para-hydroxylation sites is 4. The molecule has 3 aromatic rings. The monoisotopic (exact) mass is 434 g/mol. The molecule has 0 bridgehead atoms. The molecule has 0 unspecified atom stereocenters. The predicted octanol–water partition coefficient (Wildman–Crippen LogP) is 4.77. The average Bonchev–Trinajstić information content (AvgIpc) is 2.71. The normalized spacial score (nSPS) is 10.4. The molecule has 0 fully saturated rings. The molecule has 3 aromatic carbocycles. The van der Waals surface area contributed by atoms with Crippen LogP contribution >= 0.6 is 12.2 Å². The number of nitrogens with two attached hydrogens (primary N) is 1. The molecule has 158 valence electrons. The molecule has 0 spiro atoms. The first kappa shape index (κ1) is 21.9. The molecule has 31 heavy (non-hydrogen) atoms. The van der Waals surface area contributed by atoms with Crippen molar-refractivity contribution in [3.63, 3.8) is 0 Å². The maximum absolute atomic E-state index is 11.7. The van der Waals surface area contributed by atoms with Crippen LogP contribution in [0.3, 0.4) is 0 Å². The van der Waals surface area contributed by atoms with Gasteiger partial charge in [0.2, 0.25) is 5.91 Å². The zero-order chi connectivity index (χ0) is 22.5. The highest BCUT2D eigenvalue weighted by atomic mass is 32.1. The summed E-state index contributed by atoms with van der Waals surface area (Å²) < 4.78 is 0. The van der Waals surface area contributed by atoms with Gasteiger partial charge in [-0.3, -0.25) is 19.8 Å². The molecule has 0 atom stereocenters. The maximum atomic E-state index is 11.7. The van der Waals surface area contributed by atoms with Crippen LogP contribution in [0.2, 0.25) is 0 Å². The van der Waals surface area contributed by atoms with Crippen LogP contribution in [-0.4, -0.2) is 15.9 Å². The molecule has 0 aliphatic heterocycles. The van der Waals surface area contributed by atoms with Gasteiger partial charge in [0.05, 0.1) is 22.7 Å². The fraction of sp³-hybridized carbons (Fsp3) is 0.130. The van der Waals surface area contributed by atoms with Gasteiger partial charge in [0, 0.05) is 6.07 Å². The fourth-order valence-electron chi connectivity index (χ4n) is 3.47. The highest BCUT2D eigenvalue weighted by Gasteiger charge is 2.23. The van der Waals surface area contributed by atoms with E-state index in [-0.39, 0.29) is 22.9 Å². The van der Waals surface area contributed by atoms with Crippen molar-refractivity contribution in [1.29, 1.82) is 0 Å². The SMILES string of the molecule is Cc1cccc(C)c1N(C(=S)Nc1ccccc1[N+](=O)[O-])c1ccccc1CC(N)=O. The first-order valence-electron chi connectivity index (χ1n) is 9.56. The van der Waals surface area contributed by atoms with Gasteiger partial charge in [0.1, 0.15) is 5.69 Å². The molecule has 0 aliphatic carbocycles. The van der Waals surface area contributed by atoms with E-state index in [2.05, 4.69) is 5.32 Å². The molecule has 0 aliphatic rings. The van der Waals surface area contributed by atoms with Crippen molar-refractivity contribution < 1.29 is 9.72 Å². The third kappa shape index (κ3) is 4.87. The van der Waals surface area contributed by atoms with E-state index in [0.29, 0.717) is 11.3 Å². The van der Waals surface area contributed by atoms with Crippen molar-refractivity contribution in [3.8, 4) is 0 Å². The lowest BCUT2D eigenvalue weighted by atomic mass is 10.0. The van der Waals surface area contributed by atoms with Crippen molar-refractivity contribution in [1.82, 2.24) is 0 Å². The van der Waals surface area contributed by atoms with E-state index >= 15 is 0 Å². The number of aryl methyl sites for hydroxylation is 2. The Kier molecular flexibility index (Phi) is 6.61. The van der Waals surface area contributed by atoms with Crippen molar-refractivity contribution in [2.45, 2.75) is 20.3 Å². The van der Waals surface area contributed by atoms with E-state index in [0.717, 1.165) is 16.8 Å². The number of nitrogens with zero attached hydrogens (tertiary/aromatic N) is 2. The van der Waals surface area contributed by atoms with Gasteiger partial charge in [-0.15, -0.1) is 0 Å². The van der Waals surface area contributed by atoms with E-state index < -0.39 is 10.8 Å². The Morgan fingerprint density at radius 1 is 1.03 bits per heavy atom. The summed E-state index contributed by atoms with van der Waals surface area (Å²) in [5.74, 6) is -0.466. The number of nitro benzene ring substituents is 1. The molecule has 1 amide bonds. The molecule has 7 nitrogen and oxygen atoms in total. The van der Waals surface area contributed by atoms with Gasteiger partial charge in [0.25, 0.3) is 5.69 Å². The summed E-state index contributed by atoms with van der Waals surface area (Å²) in [5.41, 5.74) is 9.78. The maximum Gasteiger partial charge on any atom is 0.292 e. The summed E-state index contributed by atoms with van der Waals surface area (Å²) in [5, 5.41) is 14.7. The van der Waals surface area contributed by atoms with Crippen LogP contribution in [-0.2, 0) is 11.2 Å². The number of carbonyl (C=O) groups excluding carboxylic acids is 1. The van der Waals surface area contributed by atoms with Crippen LogP contribution in [0.25, 0.3) is 0 Å². The predicted molar refractivity (Wildman–Crippen MR) is 127 cm³/mol. The molecule has 3 N–H and O–H groups in total. The summed E-state index contributed by atoms with van der Waals surface area (Å²) in [6, 6.07) is 19.5. The molecular formula is C23H22N4O3S. The summed E-state index contributed by atoms with van der Waals surface area (Å²) in [6.07, 6.45) is 0.0334. The van der Waals surface area contributed by atoms with E-state index in [4.69, 9.17) is 18.0 Å². The third-order valence-corrected chi connectivity index (χ3v) is 5.09. The summed E-state index contributed by atoms with van der Waals surface area (Å²) in [6.45, 7) is 3.92. The molecule has 0 radical (unpaired) electrons. The molecule has 0 aromatic heterocycles. The number of anilines is 3. The van der Waals surface area contributed by atoms with Crippen LogP contribution in [0.15, 0.2) is 66.7 Å². The molecule has 3 rings (SSSR count). The number of amides is 1. The lowest BCUT2D eigenvalue weighted by Crippen LogP contribution is -2.33. The smallest absolute Gasteiger partial charge is 0.292 e. The Hall–Kier alpha value is -3.78. The first-order valence-corrected chi connectivity index (χ1v) is 9.97. The van der Waals surface area contributed by atoms with Crippen molar-refractivity contribution in [3.05, 3.63) is 93.5 Å². The minimum absolute atomic E-state index is 0.0334. The van der Waals surface area contributed by atoms with Crippen LogP contribution in [0, 0.1) is 24.0 Å². The van der Waals surface area contributed by atoms with Crippen molar-refractivity contribution in [2.75, 3.05) is 10.2 Å². The summed E-state index contributed by atoms with van der Waals surface area (Å²) in [4.78, 5) is 24.5. The lowest BCUT2D eigenvalue weighted by molar-refractivity contribution is -0.383. The highest BCUT2D eigenvalue weighted by molar-refractivity contribution is 7.80. The third-order valence-electron chi connectivity index (χ3n) is 4.81. The highest BCUT2D eigenvalue weighted by Crippen LogP contribution is 2.35. The number of carbonyl (C=O) groups is 1. The Balaban J connectivity index is 2.16. The zero-order valence-corrected chi connectivity index (χ0v) is 18.0. The lowest BCUT2D eigenvalue weighted by Gasteiger charge is -2.30. The van der Waals surface area contributed by atoms with Crippen LogP contribution < -0.4 is 16.0 Å². The minimum atomic E-state index is -0.466. The number of benzene rings is 3. The zero-order valence-electron chi connectivity index (χ0n) is 17.2. The van der Waals surface area contributed by atoms with Gasteiger partial charge in [0.15, 0.2) is 5.11 Å². The second-order valence-corrected chi connectivity index (χ2v) is 7.44. The molecule has 0 heterocycles. The molecule has 0 saturated carbocycles. The second-order valence-electron chi connectivity index (χ2n) is 7.05. The molecule has 0 saturated heterocycles. The van der Waals surface area contributed by atoms with Gasteiger partial charge in [-0.25, -0.2) is 0 Å². The fourth-order valence-corrected chi connectivity index (χ4v) is 3.77. The Bertz CT molecular complexity index is 1140. The number of hydrogen-bond acceptors (Lipinski definition) is 4. The summed E-state index contributed by atoms with van der Waals surface area (Å²) >= 11 is 5.74. The van der Waals surface area contributed by atoms with Gasteiger partial charge in [-0.05, 0) is 54.9 Å². The molecular weight excluding hydrogens is 412 g/mol. The Morgan fingerprint density at radius 3 is 2.29 bits per heavy atom. The number of hydrogen-bond donors (Lipinski definition) is 2. The van der Waals surface area contributed by atoms with Crippen LogP contribution in [0.1, 0.15) is 16.7 Å². The number of nitro groups is 1. The van der Waals surface area contributed by atoms with Gasteiger partial charge < -0.3 is 11.1 Å². The Labute approximate surface area is 185 Å². The number of rotatable bonds is 6. The average molecular weight is 435 g/mol. The number of thiocarbonyl (C=S) groups is 1. The molecule has 8 heteroatoms.